The Morgan fingerprint density at radius 3 is 1.43 bits per heavy atom. The molecule has 0 radical (unpaired) electrons. The van der Waals surface area contributed by atoms with Crippen LogP contribution in [-0.2, 0) is 5.41 Å². The molecule has 0 aliphatic heterocycles. The maximum absolute atomic E-state index is 9.69. The molecular formula is C52H40N2. The Balaban J connectivity index is 1.04. The molecule has 258 valence electrons. The number of hydrogen-bond acceptors (Lipinski definition) is 2. The molecule has 1 heterocycles. The van der Waals surface area contributed by atoms with Gasteiger partial charge in [0.25, 0.3) is 0 Å². The SMILES string of the molecule is N#Cc1cccc(-c2ccc3c(c2)C2(c4cc(-c5cccc(-c6cc(-c7ccccc7)nc(-c7ccccc7)c6)c5)ccc4-3)C3CC4CC(C3)CC2C4)c1. The Bertz CT molecular complexity index is 2540. The minimum atomic E-state index is 0.0365. The molecular weight excluding hydrogens is 653 g/mol. The van der Waals surface area contributed by atoms with Gasteiger partial charge in [0.2, 0.25) is 0 Å². The Labute approximate surface area is 317 Å². The summed E-state index contributed by atoms with van der Waals surface area (Å²) in [6.45, 7) is 0. The molecule has 4 bridgehead atoms. The van der Waals surface area contributed by atoms with Crippen LogP contribution in [0.15, 0.2) is 158 Å². The molecule has 7 aromatic rings. The van der Waals surface area contributed by atoms with Crippen molar-refractivity contribution in [1.29, 1.82) is 5.26 Å². The zero-order valence-electron chi connectivity index (χ0n) is 30.3. The molecule has 6 aromatic carbocycles. The van der Waals surface area contributed by atoms with E-state index in [9.17, 15) is 5.26 Å². The number of benzene rings is 6. The van der Waals surface area contributed by atoms with E-state index in [-0.39, 0.29) is 5.41 Å². The van der Waals surface area contributed by atoms with Gasteiger partial charge in [0.05, 0.1) is 23.0 Å². The summed E-state index contributed by atoms with van der Waals surface area (Å²) in [4.78, 5) is 5.14. The first-order valence-corrected chi connectivity index (χ1v) is 19.7. The fourth-order valence-corrected chi connectivity index (χ4v) is 11.4. The molecule has 1 spiro atoms. The van der Waals surface area contributed by atoms with Crippen molar-refractivity contribution < 1.29 is 0 Å². The van der Waals surface area contributed by atoms with Crippen molar-refractivity contribution >= 4 is 0 Å². The second-order valence-corrected chi connectivity index (χ2v) is 16.3. The van der Waals surface area contributed by atoms with Crippen LogP contribution in [0.3, 0.4) is 0 Å². The Hall–Kier alpha value is -6.04. The number of hydrogen-bond donors (Lipinski definition) is 0. The molecule has 12 rings (SSSR count). The van der Waals surface area contributed by atoms with Crippen molar-refractivity contribution in [2.45, 2.75) is 37.5 Å². The highest BCUT2D eigenvalue weighted by molar-refractivity contribution is 5.88. The summed E-state index contributed by atoms with van der Waals surface area (Å²) in [5, 5.41) is 9.69. The van der Waals surface area contributed by atoms with Gasteiger partial charge in [-0.15, -0.1) is 0 Å². The summed E-state index contributed by atoms with van der Waals surface area (Å²) in [6.07, 6.45) is 6.80. The average molecular weight is 693 g/mol. The van der Waals surface area contributed by atoms with E-state index in [0.717, 1.165) is 39.9 Å². The van der Waals surface area contributed by atoms with Crippen LogP contribution in [0.25, 0.3) is 67.0 Å². The summed E-state index contributed by atoms with van der Waals surface area (Å²) in [5.41, 5.74) is 18.1. The monoisotopic (exact) mass is 692 g/mol. The lowest BCUT2D eigenvalue weighted by Gasteiger charge is -2.61. The summed E-state index contributed by atoms with van der Waals surface area (Å²) in [5.74, 6) is 3.09. The van der Waals surface area contributed by atoms with E-state index in [0.29, 0.717) is 17.4 Å². The molecule has 1 aromatic heterocycles. The zero-order chi connectivity index (χ0) is 35.8. The first-order chi connectivity index (χ1) is 26.6. The summed E-state index contributed by atoms with van der Waals surface area (Å²) in [6, 6.07) is 59.7. The first kappa shape index (κ1) is 31.5. The Morgan fingerprint density at radius 1 is 0.426 bits per heavy atom. The maximum Gasteiger partial charge on any atom is 0.0991 e. The van der Waals surface area contributed by atoms with E-state index >= 15 is 0 Å². The lowest BCUT2D eigenvalue weighted by molar-refractivity contribution is -0.0399. The molecule has 0 atom stereocenters. The highest BCUT2D eigenvalue weighted by Gasteiger charge is 2.61. The zero-order valence-corrected chi connectivity index (χ0v) is 30.3. The molecule has 0 N–H and O–H groups in total. The van der Waals surface area contributed by atoms with E-state index < -0.39 is 0 Å². The number of aromatic nitrogens is 1. The number of nitriles is 1. The molecule has 4 fully saturated rings. The van der Waals surface area contributed by atoms with Crippen LogP contribution in [0.1, 0.15) is 48.8 Å². The number of nitrogens with zero attached hydrogens (tertiary/aromatic N) is 2. The quantitative estimate of drug-likeness (QED) is 0.180. The predicted molar refractivity (Wildman–Crippen MR) is 219 cm³/mol. The van der Waals surface area contributed by atoms with Crippen LogP contribution in [0.2, 0.25) is 0 Å². The van der Waals surface area contributed by atoms with E-state index in [1.165, 1.54) is 76.6 Å². The number of rotatable bonds is 5. The molecule has 2 heteroatoms. The lowest BCUT2D eigenvalue weighted by atomic mass is 9.43. The van der Waals surface area contributed by atoms with Crippen LogP contribution in [0, 0.1) is 35.0 Å². The molecule has 0 unspecified atom stereocenters. The Kier molecular flexibility index (Phi) is 7.15. The van der Waals surface area contributed by atoms with Crippen molar-refractivity contribution in [2.24, 2.45) is 23.7 Å². The van der Waals surface area contributed by atoms with Gasteiger partial charge in [0, 0.05) is 16.5 Å². The van der Waals surface area contributed by atoms with Gasteiger partial charge in [-0.1, -0.05) is 115 Å². The highest BCUT2D eigenvalue weighted by Crippen LogP contribution is 2.69. The van der Waals surface area contributed by atoms with Crippen molar-refractivity contribution in [1.82, 2.24) is 4.98 Å². The minimum Gasteiger partial charge on any atom is -0.248 e. The summed E-state index contributed by atoms with van der Waals surface area (Å²) in [7, 11) is 0. The fraction of sp³-hybridized carbons (Fsp3) is 0.192. The minimum absolute atomic E-state index is 0.0365. The van der Waals surface area contributed by atoms with Crippen molar-refractivity contribution in [2.75, 3.05) is 0 Å². The van der Waals surface area contributed by atoms with Gasteiger partial charge in [-0.2, -0.15) is 5.26 Å². The van der Waals surface area contributed by atoms with Gasteiger partial charge >= 0.3 is 0 Å². The fourth-order valence-electron chi connectivity index (χ4n) is 11.4. The van der Waals surface area contributed by atoms with E-state index in [1.807, 2.05) is 18.2 Å². The average Bonchev–Trinajstić information content (AvgIpc) is 3.52. The van der Waals surface area contributed by atoms with Crippen LogP contribution in [-0.4, -0.2) is 4.98 Å². The Morgan fingerprint density at radius 2 is 0.889 bits per heavy atom. The smallest absolute Gasteiger partial charge is 0.0991 e. The largest absolute Gasteiger partial charge is 0.248 e. The third kappa shape index (κ3) is 4.88. The summed E-state index contributed by atoms with van der Waals surface area (Å²) < 4.78 is 0. The van der Waals surface area contributed by atoms with E-state index in [1.54, 1.807) is 5.56 Å². The van der Waals surface area contributed by atoms with Gasteiger partial charge in [0.1, 0.15) is 0 Å². The molecule has 54 heavy (non-hydrogen) atoms. The molecule has 4 saturated carbocycles. The molecule has 5 aliphatic rings. The van der Waals surface area contributed by atoms with Crippen molar-refractivity contribution in [3.63, 3.8) is 0 Å². The number of fused-ring (bicyclic) bond motifs is 3. The van der Waals surface area contributed by atoms with Gasteiger partial charge in [-0.05, 0) is 154 Å². The van der Waals surface area contributed by atoms with Crippen LogP contribution >= 0.6 is 0 Å². The first-order valence-electron chi connectivity index (χ1n) is 19.7. The van der Waals surface area contributed by atoms with Gasteiger partial charge in [0.15, 0.2) is 0 Å². The second-order valence-electron chi connectivity index (χ2n) is 16.3. The topological polar surface area (TPSA) is 36.7 Å². The van der Waals surface area contributed by atoms with Crippen LogP contribution in [0.5, 0.6) is 0 Å². The van der Waals surface area contributed by atoms with Gasteiger partial charge < -0.3 is 0 Å². The van der Waals surface area contributed by atoms with E-state index in [4.69, 9.17) is 4.98 Å². The third-order valence-corrected chi connectivity index (χ3v) is 13.5. The molecule has 0 amide bonds. The van der Waals surface area contributed by atoms with Crippen molar-refractivity contribution in [3.8, 4) is 73.1 Å². The maximum atomic E-state index is 9.69. The lowest BCUT2D eigenvalue weighted by Crippen LogP contribution is -2.55. The molecule has 0 saturated heterocycles. The van der Waals surface area contributed by atoms with Crippen LogP contribution < -0.4 is 0 Å². The van der Waals surface area contributed by atoms with Crippen molar-refractivity contribution in [3.05, 3.63) is 174 Å². The predicted octanol–water partition coefficient (Wildman–Crippen LogP) is 13.0. The molecule has 2 nitrogen and oxygen atoms in total. The highest BCUT2D eigenvalue weighted by atomic mass is 14.7. The van der Waals surface area contributed by atoms with E-state index in [2.05, 4.69) is 146 Å². The molecule has 5 aliphatic carbocycles. The standard InChI is InChI=1S/C52H40N2/c53-32-33-9-7-14-38(22-33)41-17-19-46-47-20-18-42(29-49(47)52(48(46)28-41)44-23-34-21-35(25-44)26-45(52)24-34)39-15-8-16-40(27-39)43-30-50(36-10-3-1-4-11-36)54-51(31-43)37-12-5-2-6-13-37/h1-20,22,27-31,34-35,44-45H,21,23-26H2. The third-order valence-electron chi connectivity index (χ3n) is 13.5. The van der Waals surface area contributed by atoms with Gasteiger partial charge in [-0.3, -0.25) is 0 Å². The van der Waals surface area contributed by atoms with Crippen LogP contribution in [0.4, 0.5) is 0 Å². The second kappa shape index (κ2) is 12.3. The normalized spacial score (nSPS) is 22.9. The number of pyridine rings is 1. The van der Waals surface area contributed by atoms with Gasteiger partial charge in [-0.25, -0.2) is 4.98 Å². The summed E-state index contributed by atoms with van der Waals surface area (Å²) >= 11 is 0.